The Labute approximate surface area is 245 Å². The van der Waals surface area contributed by atoms with Crippen LogP contribution in [0.5, 0.6) is 5.75 Å². The van der Waals surface area contributed by atoms with E-state index >= 15 is 4.39 Å². The summed E-state index contributed by atoms with van der Waals surface area (Å²) in [5.74, 6) is -0.00865. The van der Waals surface area contributed by atoms with E-state index in [1.165, 1.54) is 26.2 Å². The van der Waals surface area contributed by atoms with E-state index in [1.807, 2.05) is 38.1 Å². The van der Waals surface area contributed by atoms with Gasteiger partial charge in [0, 0.05) is 44.1 Å². The minimum atomic E-state index is -3.62. The van der Waals surface area contributed by atoms with E-state index in [-0.39, 0.29) is 16.9 Å². The molecule has 222 valence electrons. The number of hydrogen-bond donors (Lipinski definition) is 2. The number of piperidine rings is 1. The third kappa shape index (κ3) is 5.64. The highest BCUT2D eigenvalue weighted by atomic mass is 32.2. The van der Waals surface area contributed by atoms with Gasteiger partial charge in [-0.05, 0) is 55.8 Å². The number of imide groups is 1. The van der Waals surface area contributed by atoms with E-state index in [1.54, 1.807) is 30.3 Å². The van der Waals surface area contributed by atoms with E-state index in [0.717, 1.165) is 26.7 Å². The average molecular weight is 596 g/mol. The molecule has 0 bridgehead atoms. The van der Waals surface area contributed by atoms with Crippen LogP contribution in [0.25, 0.3) is 11.1 Å². The summed E-state index contributed by atoms with van der Waals surface area (Å²) in [5, 5.41) is 5.19. The van der Waals surface area contributed by atoms with Gasteiger partial charge in [0.15, 0.2) is 0 Å². The highest BCUT2D eigenvalue weighted by Crippen LogP contribution is 2.42. The zero-order valence-corrected chi connectivity index (χ0v) is 25.0. The normalized spacial score (nSPS) is 22.5. The number of carbonyl (C=O) groups is 2. The summed E-state index contributed by atoms with van der Waals surface area (Å²) in [6.07, 6.45) is 0.725. The predicted molar refractivity (Wildman–Crippen MR) is 159 cm³/mol. The van der Waals surface area contributed by atoms with Crippen molar-refractivity contribution in [1.82, 2.24) is 19.4 Å². The second-order valence-corrected chi connectivity index (χ2v) is 13.7. The van der Waals surface area contributed by atoms with Gasteiger partial charge in [-0.2, -0.15) is 0 Å². The van der Waals surface area contributed by atoms with Crippen molar-refractivity contribution in [2.45, 2.75) is 49.8 Å². The number of halogens is 1. The topological polar surface area (TPSA) is 105 Å². The quantitative estimate of drug-likeness (QED) is 0.297. The number of rotatable bonds is 8. The van der Waals surface area contributed by atoms with Crippen LogP contribution in [0.2, 0.25) is 0 Å². The number of nitrogens with zero attached hydrogens (tertiary/aromatic N) is 2. The minimum absolute atomic E-state index is 0.00293. The summed E-state index contributed by atoms with van der Waals surface area (Å²) in [4.78, 5) is 25.0. The third-order valence-electron chi connectivity index (χ3n) is 8.12. The lowest BCUT2D eigenvalue weighted by molar-refractivity contribution is -0.125. The third-order valence-corrected chi connectivity index (χ3v) is 9.95. The van der Waals surface area contributed by atoms with Crippen LogP contribution in [-0.2, 0) is 21.4 Å². The molecule has 2 heterocycles. The van der Waals surface area contributed by atoms with E-state index < -0.39 is 27.4 Å². The van der Waals surface area contributed by atoms with Crippen molar-refractivity contribution in [2.75, 3.05) is 27.2 Å². The lowest BCUT2D eigenvalue weighted by Crippen LogP contribution is -2.63. The molecule has 1 spiro atoms. The lowest BCUT2D eigenvalue weighted by atomic mass is 9.84. The molecule has 0 unspecified atom stereocenters. The molecule has 2 aliphatic heterocycles. The number of carbonyl (C=O) groups excluding carboxylic acids is 2. The summed E-state index contributed by atoms with van der Waals surface area (Å²) in [5.41, 5.74) is 2.19. The van der Waals surface area contributed by atoms with Gasteiger partial charge in [-0.25, -0.2) is 21.9 Å². The van der Waals surface area contributed by atoms with E-state index in [2.05, 4.69) is 10.6 Å². The highest BCUT2D eigenvalue weighted by molar-refractivity contribution is 7.89. The molecule has 0 saturated carbocycles. The Morgan fingerprint density at radius 3 is 2.29 bits per heavy atom. The number of benzene rings is 3. The van der Waals surface area contributed by atoms with Crippen molar-refractivity contribution in [1.29, 1.82) is 0 Å². The van der Waals surface area contributed by atoms with E-state index in [9.17, 15) is 18.0 Å². The highest BCUT2D eigenvalue weighted by Gasteiger charge is 2.53. The maximum Gasteiger partial charge on any atom is 0.322 e. The van der Waals surface area contributed by atoms with Crippen molar-refractivity contribution in [2.24, 2.45) is 0 Å². The molecule has 2 saturated heterocycles. The van der Waals surface area contributed by atoms with Crippen molar-refractivity contribution in [3.05, 3.63) is 78.1 Å². The van der Waals surface area contributed by atoms with Crippen LogP contribution in [0, 0.1) is 5.82 Å². The maximum atomic E-state index is 15.0. The Morgan fingerprint density at radius 1 is 1.00 bits per heavy atom. The fourth-order valence-electron chi connectivity index (χ4n) is 5.91. The van der Waals surface area contributed by atoms with Gasteiger partial charge in [-0.15, -0.1) is 0 Å². The lowest BCUT2D eigenvalue weighted by Gasteiger charge is -2.46. The Kier molecular flexibility index (Phi) is 7.86. The van der Waals surface area contributed by atoms with Crippen LogP contribution >= 0.6 is 0 Å². The molecule has 11 heteroatoms. The number of ether oxygens (including phenoxy) is 1. The molecular formula is C31H36FN4O5S+. The van der Waals surface area contributed by atoms with Gasteiger partial charge >= 0.3 is 6.03 Å². The molecule has 2 aliphatic rings. The van der Waals surface area contributed by atoms with Gasteiger partial charge in [0.2, 0.25) is 10.0 Å². The molecule has 9 nitrogen and oxygen atoms in total. The summed E-state index contributed by atoms with van der Waals surface area (Å²) in [7, 11) is -0.659. The first-order valence-electron chi connectivity index (χ1n) is 13.9. The van der Waals surface area contributed by atoms with Gasteiger partial charge in [-0.3, -0.25) is 14.6 Å². The Bertz CT molecular complexity index is 1610. The minimum Gasteiger partial charge on any atom is -0.491 e. The molecule has 0 radical (unpaired) electrons. The van der Waals surface area contributed by atoms with E-state index in [4.69, 9.17) is 4.74 Å². The first kappa shape index (κ1) is 29.7. The van der Waals surface area contributed by atoms with Crippen molar-refractivity contribution >= 4 is 27.6 Å². The Hall–Kier alpha value is -3.80. The molecule has 3 aromatic rings. The van der Waals surface area contributed by atoms with Crippen LogP contribution in [-0.4, -0.2) is 63.5 Å². The number of amides is 3. The molecule has 0 aliphatic carbocycles. The standard InChI is InChI=1S/C31H35FN4O5S/c1-21(2)41-25-7-5-6-22(18-25)20-36(16-14-31(15-17-36)29(37)33-30(38)34-31)28-19-24(32)10-13-27(28)23-8-11-26(12-9-23)42(39,40)35(3)4/h5-13,18-19,21H,14-17,20H2,1-4H3,(H-,33,34,37,38)/p+1. The molecule has 3 aromatic carbocycles. The largest absolute Gasteiger partial charge is 0.491 e. The van der Waals surface area contributed by atoms with Crippen LogP contribution < -0.4 is 19.9 Å². The summed E-state index contributed by atoms with van der Waals surface area (Å²) in [6, 6.07) is 18.5. The van der Waals surface area contributed by atoms with Crippen molar-refractivity contribution in [3.8, 4) is 16.9 Å². The second kappa shape index (κ2) is 11.1. The molecular weight excluding hydrogens is 559 g/mol. The maximum absolute atomic E-state index is 15.0. The fourth-order valence-corrected chi connectivity index (χ4v) is 6.81. The van der Waals surface area contributed by atoms with Gasteiger partial charge in [0.25, 0.3) is 5.91 Å². The zero-order valence-electron chi connectivity index (χ0n) is 24.2. The van der Waals surface area contributed by atoms with Gasteiger partial charge in [0.1, 0.15) is 29.3 Å². The van der Waals surface area contributed by atoms with Crippen LogP contribution in [0.15, 0.2) is 71.6 Å². The first-order chi connectivity index (χ1) is 19.8. The number of hydrogen-bond acceptors (Lipinski definition) is 5. The number of likely N-dealkylation sites (tertiary alicyclic amines) is 1. The van der Waals surface area contributed by atoms with Crippen molar-refractivity contribution in [3.63, 3.8) is 0 Å². The molecule has 0 atom stereocenters. The second-order valence-electron chi connectivity index (χ2n) is 11.5. The molecule has 42 heavy (non-hydrogen) atoms. The van der Waals surface area contributed by atoms with Gasteiger partial charge < -0.3 is 10.1 Å². The smallest absolute Gasteiger partial charge is 0.322 e. The number of sulfonamides is 1. The van der Waals surface area contributed by atoms with Crippen LogP contribution in [0.1, 0.15) is 32.3 Å². The fraction of sp³-hybridized carbons (Fsp3) is 0.355. The number of urea groups is 1. The summed E-state index contributed by atoms with van der Waals surface area (Å²) >= 11 is 0. The summed E-state index contributed by atoms with van der Waals surface area (Å²) < 4.78 is 47.7. The summed E-state index contributed by atoms with van der Waals surface area (Å²) in [6.45, 7) is 5.31. The number of quaternary nitrogens is 1. The van der Waals surface area contributed by atoms with Gasteiger partial charge in [0.05, 0.1) is 24.1 Å². The van der Waals surface area contributed by atoms with E-state index in [0.29, 0.717) is 42.6 Å². The molecule has 3 amide bonds. The predicted octanol–water partition coefficient (Wildman–Crippen LogP) is 4.41. The first-order valence-corrected chi connectivity index (χ1v) is 15.4. The SMILES string of the molecule is CC(C)Oc1cccc(C[N+]2(c3cc(F)ccc3-c3ccc(S(=O)(=O)N(C)C)cc3)CCC3(CC2)NC(=O)NC3=O)c1. The zero-order chi connectivity index (χ0) is 30.3. The monoisotopic (exact) mass is 595 g/mol. The van der Waals surface area contributed by atoms with Crippen LogP contribution in [0.3, 0.4) is 0 Å². The molecule has 2 fully saturated rings. The molecule has 0 aromatic heterocycles. The Morgan fingerprint density at radius 2 is 1.69 bits per heavy atom. The molecule has 2 N–H and O–H groups in total. The van der Waals surface area contributed by atoms with Crippen LogP contribution in [0.4, 0.5) is 14.9 Å². The Balaban J connectivity index is 1.59. The average Bonchev–Trinajstić information content (AvgIpc) is 3.22. The van der Waals surface area contributed by atoms with Crippen molar-refractivity contribution < 1.29 is 27.1 Å². The molecule has 5 rings (SSSR count). The number of nitrogens with one attached hydrogen (secondary N) is 2. The van der Waals surface area contributed by atoms with Gasteiger partial charge in [-0.1, -0.05) is 24.3 Å².